The molecule has 0 aromatic carbocycles. The molecular formula is C12H24BrO3P. The molecule has 0 bridgehead atoms. The van der Waals surface area contributed by atoms with Crippen LogP contribution in [-0.2, 0) is 13.8 Å². The van der Waals surface area contributed by atoms with Crippen molar-refractivity contribution >= 4 is 24.3 Å². The Labute approximate surface area is 115 Å². The molecule has 0 rings (SSSR count). The lowest BCUT2D eigenvalue weighted by Crippen LogP contribution is -2.03. The average Bonchev–Trinajstić information content (AvgIpc) is 2.15. The molecule has 0 aromatic heterocycles. The number of hydrogen-bond acceptors (Lipinski definition) is 3. The van der Waals surface area contributed by atoms with Gasteiger partial charge in [0.1, 0.15) is 0 Å². The summed E-state index contributed by atoms with van der Waals surface area (Å²) in [5.41, 5.74) is 0. The number of unbranched alkanes of at least 4 members (excludes halogenated alkanes) is 1. The van der Waals surface area contributed by atoms with Gasteiger partial charge in [0.25, 0.3) is 0 Å². The van der Waals surface area contributed by atoms with E-state index < -0.39 is 8.38 Å². The summed E-state index contributed by atoms with van der Waals surface area (Å²) in [5, 5.41) is 0. The van der Waals surface area contributed by atoms with Crippen molar-refractivity contribution < 1.29 is 13.8 Å². The van der Waals surface area contributed by atoms with Crippen LogP contribution in [0.25, 0.3) is 0 Å². The van der Waals surface area contributed by atoms with Crippen LogP contribution in [0.5, 0.6) is 0 Å². The fourth-order valence-corrected chi connectivity index (χ4v) is 2.84. The molecule has 0 aliphatic heterocycles. The third kappa shape index (κ3) is 11.2. The van der Waals surface area contributed by atoms with Gasteiger partial charge in [0, 0.05) is 5.82 Å². The minimum Gasteiger partial charge on any atom is -0.487 e. The Morgan fingerprint density at radius 2 is 1.71 bits per heavy atom. The van der Waals surface area contributed by atoms with E-state index in [1.165, 1.54) is 0 Å². The minimum atomic E-state index is -1.03. The zero-order valence-electron chi connectivity index (χ0n) is 11.4. The molecule has 5 heteroatoms. The smallest absolute Gasteiger partial charge is 0.202 e. The molecule has 0 fully saturated rings. The Bertz CT molecular complexity index is 210. The molecule has 0 saturated carbocycles. The summed E-state index contributed by atoms with van der Waals surface area (Å²) in [6, 6.07) is 0. The van der Waals surface area contributed by atoms with E-state index in [2.05, 4.69) is 22.9 Å². The normalized spacial score (nSPS) is 12.9. The van der Waals surface area contributed by atoms with Crippen LogP contribution in [0, 0.1) is 0 Å². The van der Waals surface area contributed by atoms with E-state index in [1.807, 2.05) is 33.5 Å². The van der Waals surface area contributed by atoms with E-state index in [4.69, 9.17) is 13.8 Å². The number of halogens is 1. The summed E-state index contributed by atoms with van der Waals surface area (Å²) in [6.45, 7) is 10.9. The van der Waals surface area contributed by atoms with Crippen LogP contribution in [0.1, 0.15) is 47.5 Å². The molecule has 0 aliphatic carbocycles. The summed E-state index contributed by atoms with van der Waals surface area (Å²) in [7, 11) is -1.03. The van der Waals surface area contributed by atoms with E-state index in [0.29, 0.717) is 4.67 Å². The minimum absolute atomic E-state index is 0.145. The van der Waals surface area contributed by atoms with Crippen molar-refractivity contribution in [2.24, 2.45) is 0 Å². The van der Waals surface area contributed by atoms with E-state index in [-0.39, 0.29) is 12.2 Å². The molecule has 0 heterocycles. The summed E-state index contributed by atoms with van der Waals surface area (Å²) >= 11 is 3.38. The van der Waals surface area contributed by atoms with Crippen molar-refractivity contribution in [3.63, 3.8) is 0 Å². The third-order valence-corrected chi connectivity index (χ3v) is 4.09. The fourth-order valence-electron chi connectivity index (χ4n) is 0.935. The third-order valence-electron chi connectivity index (χ3n) is 1.57. The predicted octanol–water partition coefficient (Wildman–Crippen LogP) is 5.16. The summed E-state index contributed by atoms with van der Waals surface area (Å²) < 4.78 is 17.6. The van der Waals surface area contributed by atoms with E-state index in [9.17, 15) is 0 Å². The van der Waals surface area contributed by atoms with E-state index in [1.54, 1.807) is 0 Å². The highest BCUT2D eigenvalue weighted by Crippen LogP contribution is 2.44. The second kappa shape index (κ2) is 10.3. The van der Waals surface area contributed by atoms with Gasteiger partial charge in [-0.3, -0.25) is 0 Å². The molecule has 0 radical (unpaired) electrons. The molecule has 0 N–H and O–H groups in total. The highest BCUT2D eigenvalue weighted by Gasteiger charge is 2.13. The lowest BCUT2D eigenvalue weighted by atomic mass is 10.4. The van der Waals surface area contributed by atoms with Crippen LogP contribution in [-0.4, -0.2) is 18.8 Å². The fraction of sp³-hybridized carbons (Fsp3) is 0.833. The molecule has 0 spiro atoms. The molecule has 0 unspecified atom stereocenters. The second-order valence-electron chi connectivity index (χ2n) is 4.23. The van der Waals surface area contributed by atoms with E-state index in [0.717, 1.165) is 19.4 Å². The molecule has 0 aromatic rings. The Kier molecular flexibility index (Phi) is 10.5. The molecule has 0 aliphatic rings. The zero-order valence-corrected chi connectivity index (χ0v) is 13.9. The summed E-state index contributed by atoms with van der Waals surface area (Å²) in [4.78, 5) is 0. The Morgan fingerprint density at radius 3 is 2.12 bits per heavy atom. The van der Waals surface area contributed by atoms with Gasteiger partial charge in [-0.05, 0) is 50.0 Å². The van der Waals surface area contributed by atoms with Crippen molar-refractivity contribution in [2.75, 3.05) is 6.61 Å². The van der Waals surface area contributed by atoms with Crippen LogP contribution < -0.4 is 0 Å². The van der Waals surface area contributed by atoms with Crippen molar-refractivity contribution in [2.45, 2.75) is 59.7 Å². The Hall–Kier alpha value is 0.370. The van der Waals surface area contributed by atoms with Crippen LogP contribution in [0.15, 0.2) is 10.5 Å². The first-order valence-corrected chi connectivity index (χ1v) is 8.12. The maximum Gasteiger partial charge on any atom is 0.202 e. The molecule has 0 atom stereocenters. The first-order chi connectivity index (χ1) is 7.95. The van der Waals surface area contributed by atoms with Gasteiger partial charge in [-0.2, -0.15) is 0 Å². The van der Waals surface area contributed by atoms with Crippen LogP contribution in [0.2, 0.25) is 0 Å². The first-order valence-electron chi connectivity index (χ1n) is 6.08. The van der Waals surface area contributed by atoms with Crippen molar-refractivity contribution in [3.8, 4) is 0 Å². The molecule has 0 saturated heterocycles. The monoisotopic (exact) mass is 326 g/mol. The standard InChI is InChI=1S/C12H24BrO3P/c1-6-7-8-14-12(13)9-17(15-10(2)3)16-11(4)5/h9-11H,6-8H2,1-5H3/b12-9-. The number of hydrogen-bond donors (Lipinski definition) is 0. The van der Waals surface area contributed by atoms with Crippen molar-refractivity contribution in [1.82, 2.24) is 0 Å². The average molecular weight is 327 g/mol. The zero-order chi connectivity index (χ0) is 13.3. The highest BCUT2D eigenvalue weighted by atomic mass is 79.9. The van der Waals surface area contributed by atoms with Crippen LogP contribution in [0.3, 0.4) is 0 Å². The molecule has 3 nitrogen and oxygen atoms in total. The quantitative estimate of drug-likeness (QED) is 0.333. The lowest BCUT2D eigenvalue weighted by Gasteiger charge is -2.19. The van der Waals surface area contributed by atoms with Gasteiger partial charge in [-0.15, -0.1) is 0 Å². The predicted molar refractivity (Wildman–Crippen MR) is 77.2 cm³/mol. The molecular weight excluding hydrogens is 303 g/mol. The van der Waals surface area contributed by atoms with Crippen molar-refractivity contribution in [3.05, 3.63) is 10.5 Å². The first kappa shape index (κ1) is 17.4. The SMILES string of the molecule is CCCCO/C(Br)=C\P(OC(C)C)OC(C)C. The highest BCUT2D eigenvalue weighted by molar-refractivity contribution is 9.11. The number of rotatable bonds is 9. The Balaban J connectivity index is 4.21. The van der Waals surface area contributed by atoms with E-state index >= 15 is 0 Å². The van der Waals surface area contributed by atoms with Gasteiger partial charge >= 0.3 is 0 Å². The number of ether oxygens (including phenoxy) is 1. The van der Waals surface area contributed by atoms with Gasteiger partial charge in [-0.1, -0.05) is 13.3 Å². The maximum atomic E-state index is 5.69. The Morgan fingerprint density at radius 1 is 1.18 bits per heavy atom. The van der Waals surface area contributed by atoms with Gasteiger partial charge in [0.15, 0.2) is 4.67 Å². The van der Waals surface area contributed by atoms with Crippen LogP contribution >= 0.6 is 24.3 Å². The summed E-state index contributed by atoms with van der Waals surface area (Å²) in [5.74, 6) is 1.88. The maximum absolute atomic E-state index is 5.69. The second-order valence-corrected chi connectivity index (χ2v) is 6.26. The van der Waals surface area contributed by atoms with Gasteiger partial charge < -0.3 is 13.8 Å². The summed E-state index contributed by atoms with van der Waals surface area (Å²) in [6.07, 6.45) is 2.47. The van der Waals surface area contributed by atoms with Gasteiger partial charge in [0.05, 0.1) is 18.8 Å². The van der Waals surface area contributed by atoms with Crippen LogP contribution in [0.4, 0.5) is 0 Å². The molecule has 102 valence electrons. The topological polar surface area (TPSA) is 27.7 Å². The van der Waals surface area contributed by atoms with Crippen molar-refractivity contribution in [1.29, 1.82) is 0 Å². The molecule has 0 amide bonds. The largest absolute Gasteiger partial charge is 0.487 e. The van der Waals surface area contributed by atoms with Gasteiger partial charge in [-0.25, -0.2) is 0 Å². The molecule has 17 heavy (non-hydrogen) atoms. The van der Waals surface area contributed by atoms with Gasteiger partial charge in [0.2, 0.25) is 8.38 Å². The lowest BCUT2D eigenvalue weighted by molar-refractivity contribution is 0.181.